The molecule has 0 spiro atoms. The highest BCUT2D eigenvalue weighted by Gasteiger charge is 2.19. The van der Waals surface area contributed by atoms with Crippen molar-refractivity contribution in [3.8, 4) is 0 Å². The van der Waals surface area contributed by atoms with Crippen molar-refractivity contribution in [1.82, 2.24) is 0 Å². The molecule has 84 valence electrons. The van der Waals surface area contributed by atoms with Crippen molar-refractivity contribution in [3.05, 3.63) is 11.6 Å². The Hall–Kier alpha value is -0.590. The van der Waals surface area contributed by atoms with E-state index in [9.17, 15) is 4.79 Å². The number of hydrogen-bond acceptors (Lipinski definition) is 1. The summed E-state index contributed by atoms with van der Waals surface area (Å²) < 4.78 is 0. The number of rotatable bonds is 3. The van der Waals surface area contributed by atoms with Crippen LogP contribution in [0, 0.1) is 5.92 Å². The summed E-state index contributed by atoms with van der Waals surface area (Å²) in [6, 6.07) is 0. The zero-order chi connectivity index (χ0) is 10.5. The maximum Gasteiger partial charge on any atom is 0.158 e. The zero-order valence-corrected chi connectivity index (χ0v) is 9.63. The van der Waals surface area contributed by atoms with Crippen LogP contribution in [0.4, 0.5) is 0 Å². The minimum absolute atomic E-state index is 0.458. The van der Waals surface area contributed by atoms with Crippen LogP contribution in [0.3, 0.4) is 0 Å². The number of Topliss-reactive ketones (excluding diaryl/α,β-unsaturated/α-hetero) is 1. The van der Waals surface area contributed by atoms with Gasteiger partial charge in [-0.1, -0.05) is 44.6 Å². The lowest BCUT2D eigenvalue weighted by Crippen LogP contribution is -2.09. The Bertz CT molecular complexity index is 244. The SMILES string of the molecule is O=C(CC1CCCCCC1)C1=CCCC1. The van der Waals surface area contributed by atoms with Crippen LogP contribution < -0.4 is 0 Å². The Kier molecular flexibility index (Phi) is 3.99. The van der Waals surface area contributed by atoms with Gasteiger partial charge in [0.2, 0.25) is 0 Å². The van der Waals surface area contributed by atoms with Gasteiger partial charge in [-0.3, -0.25) is 4.79 Å². The van der Waals surface area contributed by atoms with Crippen LogP contribution >= 0.6 is 0 Å². The molecule has 0 bridgehead atoms. The van der Waals surface area contributed by atoms with Gasteiger partial charge in [0.25, 0.3) is 0 Å². The number of carbonyl (C=O) groups excluding carboxylic acids is 1. The molecule has 0 aliphatic heterocycles. The molecule has 0 N–H and O–H groups in total. The second-order valence-corrected chi connectivity index (χ2v) is 5.11. The second kappa shape index (κ2) is 5.48. The molecule has 1 heteroatoms. The quantitative estimate of drug-likeness (QED) is 0.637. The first-order chi connectivity index (χ1) is 7.36. The predicted molar refractivity (Wildman–Crippen MR) is 62.8 cm³/mol. The van der Waals surface area contributed by atoms with Gasteiger partial charge >= 0.3 is 0 Å². The third-order valence-corrected chi connectivity index (χ3v) is 3.85. The van der Waals surface area contributed by atoms with Gasteiger partial charge in [-0.25, -0.2) is 0 Å². The summed E-state index contributed by atoms with van der Waals surface area (Å²) >= 11 is 0. The standard InChI is InChI=1S/C14H22O/c15-14(13-9-5-6-10-13)11-12-7-3-1-2-4-8-12/h9,12H,1-8,10-11H2. The summed E-state index contributed by atoms with van der Waals surface area (Å²) in [7, 11) is 0. The van der Waals surface area contributed by atoms with Crippen molar-refractivity contribution in [1.29, 1.82) is 0 Å². The Morgan fingerprint density at radius 2 is 1.87 bits per heavy atom. The van der Waals surface area contributed by atoms with E-state index >= 15 is 0 Å². The molecule has 2 rings (SSSR count). The van der Waals surface area contributed by atoms with Gasteiger partial charge < -0.3 is 0 Å². The first-order valence-corrected chi connectivity index (χ1v) is 6.58. The summed E-state index contributed by atoms with van der Waals surface area (Å²) in [5.74, 6) is 1.15. The van der Waals surface area contributed by atoms with Crippen LogP contribution in [0.2, 0.25) is 0 Å². The fraction of sp³-hybridized carbons (Fsp3) is 0.786. The molecule has 15 heavy (non-hydrogen) atoms. The van der Waals surface area contributed by atoms with Gasteiger partial charge in [0.05, 0.1) is 0 Å². The maximum absolute atomic E-state index is 12.0. The van der Waals surface area contributed by atoms with Gasteiger partial charge in [0, 0.05) is 6.42 Å². The fourth-order valence-corrected chi connectivity index (χ4v) is 2.89. The first kappa shape index (κ1) is 10.9. The van der Waals surface area contributed by atoms with E-state index in [0.717, 1.165) is 24.8 Å². The van der Waals surface area contributed by atoms with Gasteiger partial charge in [-0.05, 0) is 30.8 Å². The summed E-state index contributed by atoms with van der Waals surface area (Å²) in [5.41, 5.74) is 1.14. The van der Waals surface area contributed by atoms with Crippen molar-refractivity contribution < 1.29 is 4.79 Å². The van der Waals surface area contributed by atoms with Gasteiger partial charge in [0.15, 0.2) is 5.78 Å². The molecule has 0 heterocycles. The maximum atomic E-state index is 12.0. The number of allylic oxidation sites excluding steroid dienone is 2. The van der Waals surface area contributed by atoms with E-state index in [1.807, 2.05) is 0 Å². The molecule has 0 unspecified atom stereocenters. The lowest BCUT2D eigenvalue weighted by atomic mass is 9.92. The van der Waals surface area contributed by atoms with E-state index in [-0.39, 0.29) is 0 Å². The van der Waals surface area contributed by atoms with Crippen molar-refractivity contribution >= 4 is 5.78 Å². The Morgan fingerprint density at radius 1 is 1.13 bits per heavy atom. The molecule has 0 aromatic heterocycles. The van der Waals surface area contributed by atoms with E-state index in [1.54, 1.807) is 0 Å². The highest BCUT2D eigenvalue weighted by Crippen LogP contribution is 2.28. The smallest absolute Gasteiger partial charge is 0.158 e. The molecule has 0 aromatic rings. The number of ketones is 1. The van der Waals surface area contributed by atoms with Crippen molar-refractivity contribution in [3.63, 3.8) is 0 Å². The van der Waals surface area contributed by atoms with Crippen LogP contribution in [0.25, 0.3) is 0 Å². The molecule has 0 aromatic carbocycles. The molecule has 0 atom stereocenters. The van der Waals surface area contributed by atoms with Gasteiger partial charge in [-0.15, -0.1) is 0 Å². The fourth-order valence-electron chi connectivity index (χ4n) is 2.89. The highest BCUT2D eigenvalue weighted by atomic mass is 16.1. The molecular weight excluding hydrogens is 184 g/mol. The summed E-state index contributed by atoms with van der Waals surface area (Å²) in [6.45, 7) is 0. The Morgan fingerprint density at radius 3 is 2.47 bits per heavy atom. The van der Waals surface area contributed by atoms with Crippen molar-refractivity contribution in [2.75, 3.05) is 0 Å². The van der Waals surface area contributed by atoms with Crippen LogP contribution in [0.15, 0.2) is 11.6 Å². The average molecular weight is 206 g/mol. The average Bonchev–Trinajstić information content (AvgIpc) is 2.65. The van der Waals surface area contributed by atoms with E-state index < -0.39 is 0 Å². The third-order valence-electron chi connectivity index (χ3n) is 3.85. The normalized spacial score (nSPS) is 23.6. The van der Waals surface area contributed by atoms with Crippen molar-refractivity contribution in [2.24, 2.45) is 5.92 Å². The monoisotopic (exact) mass is 206 g/mol. The molecule has 2 aliphatic carbocycles. The van der Waals surface area contributed by atoms with Crippen molar-refractivity contribution in [2.45, 2.75) is 64.2 Å². The summed E-state index contributed by atoms with van der Waals surface area (Å²) in [4.78, 5) is 12.0. The zero-order valence-electron chi connectivity index (χ0n) is 9.63. The third kappa shape index (κ3) is 3.19. The van der Waals surface area contributed by atoms with E-state index in [2.05, 4.69) is 6.08 Å². The molecule has 1 saturated carbocycles. The van der Waals surface area contributed by atoms with Crippen LogP contribution in [-0.4, -0.2) is 5.78 Å². The molecule has 0 saturated heterocycles. The summed E-state index contributed by atoms with van der Waals surface area (Å²) in [6.07, 6.45) is 14.4. The molecular formula is C14H22O. The minimum atomic E-state index is 0.458. The summed E-state index contributed by atoms with van der Waals surface area (Å²) in [5, 5.41) is 0. The van der Waals surface area contributed by atoms with Crippen LogP contribution in [-0.2, 0) is 4.79 Å². The number of carbonyl (C=O) groups is 1. The number of hydrogen-bond donors (Lipinski definition) is 0. The minimum Gasteiger partial charge on any atom is -0.295 e. The Labute approximate surface area is 92.9 Å². The molecule has 1 nitrogen and oxygen atoms in total. The lowest BCUT2D eigenvalue weighted by molar-refractivity contribution is -0.116. The van der Waals surface area contributed by atoms with E-state index in [1.165, 1.54) is 44.9 Å². The topological polar surface area (TPSA) is 17.1 Å². The molecule has 0 radical (unpaired) electrons. The second-order valence-electron chi connectivity index (χ2n) is 5.11. The van der Waals surface area contributed by atoms with Crippen LogP contribution in [0.1, 0.15) is 64.2 Å². The van der Waals surface area contributed by atoms with E-state index in [0.29, 0.717) is 11.7 Å². The van der Waals surface area contributed by atoms with Gasteiger partial charge in [-0.2, -0.15) is 0 Å². The molecule has 2 aliphatic rings. The predicted octanol–water partition coefficient (Wildman–Crippen LogP) is 4.03. The lowest BCUT2D eigenvalue weighted by Gasteiger charge is -2.12. The molecule has 1 fully saturated rings. The van der Waals surface area contributed by atoms with Gasteiger partial charge in [0.1, 0.15) is 0 Å². The largest absolute Gasteiger partial charge is 0.295 e. The van der Waals surface area contributed by atoms with E-state index in [4.69, 9.17) is 0 Å². The Balaban J connectivity index is 1.81. The van der Waals surface area contributed by atoms with Crippen LogP contribution in [0.5, 0.6) is 0 Å². The highest BCUT2D eigenvalue weighted by molar-refractivity contribution is 5.95. The molecule has 0 amide bonds. The first-order valence-electron chi connectivity index (χ1n) is 6.58.